The van der Waals surface area contributed by atoms with Gasteiger partial charge in [0.05, 0.1) is 0 Å². The summed E-state index contributed by atoms with van der Waals surface area (Å²) in [6.07, 6.45) is 20.9. The minimum absolute atomic E-state index is 0. The summed E-state index contributed by atoms with van der Waals surface area (Å²) >= 11 is 0. The van der Waals surface area contributed by atoms with Gasteiger partial charge in [0.2, 0.25) is 0 Å². The van der Waals surface area contributed by atoms with Crippen LogP contribution in [0.4, 0.5) is 0 Å². The first-order valence-corrected chi connectivity index (χ1v) is 8.62. The van der Waals surface area contributed by atoms with Gasteiger partial charge in [-0.2, -0.15) is 0 Å². The summed E-state index contributed by atoms with van der Waals surface area (Å²) in [6, 6.07) is 0. The minimum Gasteiger partial charge on any atom is -0.550 e. The fourth-order valence-corrected chi connectivity index (χ4v) is 2.34. The van der Waals surface area contributed by atoms with Crippen molar-refractivity contribution >= 4 is 43.7 Å². The molecule has 0 atom stereocenters. The van der Waals surface area contributed by atoms with Gasteiger partial charge in [-0.05, 0) is 38.5 Å². The first-order chi connectivity index (χ1) is 9.77. The summed E-state index contributed by atoms with van der Waals surface area (Å²) in [6.45, 7) is 2.26. The summed E-state index contributed by atoms with van der Waals surface area (Å²) in [7, 11) is 0. The number of unbranched alkanes of at least 4 members (excludes halogenated alkanes) is 11. The van der Waals surface area contributed by atoms with Gasteiger partial charge in [-0.15, -0.1) is 0 Å². The molecular formula is C18H33CaO2+. The molecule has 2 nitrogen and oxygen atoms in total. The Bertz CT molecular complexity index is 239. The Balaban J connectivity index is 0. The fourth-order valence-electron chi connectivity index (χ4n) is 2.34. The number of carbonyl (C=O) groups excluding carboxylic acids is 1. The summed E-state index contributed by atoms with van der Waals surface area (Å²) < 4.78 is 0. The van der Waals surface area contributed by atoms with Crippen LogP contribution in [0.2, 0.25) is 0 Å². The maximum atomic E-state index is 10.2. The van der Waals surface area contributed by atoms with E-state index in [0.29, 0.717) is 0 Å². The molecular weight excluding hydrogens is 288 g/mol. The summed E-state index contributed by atoms with van der Waals surface area (Å²) in [4.78, 5) is 10.2. The van der Waals surface area contributed by atoms with E-state index in [1.165, 1.54) is 64.2 Å². The van der Waals surface area contributed by atoms with Gasteiger partial charge < -0.3 is 9.90 Å². The van der Waals surface area contributed by atoms with E-state index in [1.54, 1.807) is 0 Å². The summed E-state index contributed by atoms with van der Waals surface area (Å²) in [5.74, 6) is -0.914. The molecule has 0 saturated carbocycles. The van der Waals surface area contributed by atoms with Crippen molar-refractivity contribution in [2.75, 3.05) is 0 Å². The Hall–Kier alpha value is 0.470. The van der Waals surface area contributed by atoms with Crippen LogP contribution in [0.5, 0.6) is 0 Å². The van der Waals surface area contributed by atoms with E-state index in [9.17, 15) is 9.90 Å². The third-order valence-electron chi connectivity index (χ3n) is 3.64. The first-order valence-electron chi connectivity index (χ1n) is 8.62. The molecule has 0 heterocycles. The van der Waals surface area contributed by atoms with Crippen molar-refractivity contribution in [1.29, 1.82) is 0 Å². The van der Waals surface area contributed by atoms with Crippen LogP contribution in [0.1, 0.15) is 96.8 Å². The van der Waals surface area contributed by atoms with Gasteiger partial charge in [0.1, 0.15) is 0 Å². The van der Waals surface area contributed by atoms with Crippen molar-refractivity contribution in [3.05, 3.63) is 12.2 Å². The number of allylic oxidation sites excluding steroid dienone is 2. The first kappa shape index (κ1) is 23.7. The second-order valence-corrected chi connectivity index (χ2v) is 5.71. The third kappa shape index (κ3) is 22.9. The molecule has 0 unspecified atom stereocenters. The molecule has 0 rings (SSSR count). The molecule has 0 N–H and O–H groups in total. The smallest absolute Gasteiger partial charge is 0.550 e. The topological polar surface area (TPSA) is 40.1 Å². The maximum absolute atomic E-state index is 10.2. The van der Waals surface area contributed by atoms with Gasteiger partial charge in [-0.3, -0.25) is 0 Å². The summed E-state index contributed by atoms with van der Waals surface area (Å²) in [5, 5.41) is 10.2. The molecule has 0 spiro atoms. The third-order valence-corrected chi connectivity index (χ3v) is 3.64. The molecule has 118 valence electrons. The number of carboxylic acids is 1. The second kappa shape index (κ2) is 20.5. The average Bonchev–Trinajstić information content (AvgIpc) is 2.43. The zero-order chi connectivity index (χ0) is 14.9. The van der Waals surface area contributed by atoms with E-state index >= 15 is 0 Å². The van der Waals surface area contributed by atoms with Gasteiger partial charge in [0.15, 0.2) is 0 Å². The van der Waals surface area contributed by atoms with Crippen LogP contribution in [0.15, 0.2) is 12.2 Å². The van der Waals surface area contributed by atoms with E-state index in [1.807, 2.05) is 0 Å². The van der Waals surface area contributed by atoms with Crippen LogP contribution in [-0.4, -0.2) is 43.7 Å². The number of aliphatic carboxylic acids is 1. The number of hydrogen-bond acceptors (Lipinski definition) is 2. The molecule has 3 heteroatoms. The Morgan fingerprint density at radius 1 is 0.762 bits per heavy atom. The van der Waals surface area contributed by atoms with Crippen LogP contribution in [0, 0.1) is 0 Å². The largest absolute Gasteiger partial charge is 2.00 e. The van der Waals surface area contributed by atoms with Crippen LogP contribution < -0.4 is 5.11 Å². The number of carbonyl (C=O) groups is 1. The van der Waals surface area contributed by atoms with E-state index in [2.05, 4.69) is 19.1 Å². The van der Waals surface area contributed by atoms with E-state index in [0.717, 1.165) is 19.3 Å². The van der Waals surface area contributed by atoms with Crippen LogP contribution in [0.3, 0.4) is 0 Å². The van der Waals surface area contributed by atoms with Gasteiger partial charge >= 0.3 is 37.7 Å². The van der Waals surface area contributed by atoms with Gasteiger partial charge in [0.25, 0.3) is 0 Å². The molecule has 0 amide bonds. The quantitative estimate of drug-likeness (QED) is 0.255. The van der Waals surface area contributed by atoms with Gasteiger partial charge in [-0.25, -0.2) is 0 Å². The van der Waals surface area contributed by atoms with Crippen molar-refractivity contribution < 1.29 is 9.90 Å². The molecule has 0 aromatic carbocycles. The SMILES string of the molecule is CCCCCCCC/C=C/CCCCCCCC(=O)[O-].[Ca+2]. The molecule has 0 aromatic heterocycles. The zero-order valence-electron chi connectivity index (χ0n) is 14.1. The molecule has 0 radical (unpaired) electrons. The molecule has 0 aliphatic heterocycles. The number of hydrogen-bond donors (Lipinski definition) is 0. The van der Waals surface area contributed by atoms with Crippen molar-refractivity contribution in [3.63, 3.8) is 0 Å². The van der Waals surface area contributed by atoms with Crippen LogP contribution in [0.25, 0.3) is 0 Å². The van der Waals surface area contributed by atoms with Gasteiger partial charge in [-0.1, -0.05) is 70.4 Å². The molecule has 0 saturated heterocycles. The fraction of sp³-hybridized carbons (Fsp3) is 0.833. The van der Waals surface area contributed by atoms with E-state index in [4.69, 9.17) is 0 Å². The van der Waals surface area contributed by atoms with Crippen molar-refractivity contribution in [3.8, 4) is 0 Å². The predicted molar refractivity (Wildman–Crippen MR) is 90.2 cm³/mol. The van der Waals surface area contributed by atoms with Gasteiger partial charge in [0, 0.05) is 5.97 Å². The molecule has 0 aromatic rings. The molecule has 0 aliphatic rings. The maximum Gasteiger partial charge on any atom is 2.00 e. The monoisotopic (exact) mass is 321 g/mol. The Kier molecular flexibility index (Phi) is 23.1. The molecule has 0 fully saturated rings. The second-order valence-electron chi connectivity index (χ2n) is 5.71. The molecule has 21 heavy (non-hydrogen) atoms. The number of carboxylic acid groups (broad SMARTS) is 1. The van der Waals surface area contributed by atoms with E-state index in [-0.39, 0.29) is 44.2 Å². The summed E-state index contributed by atoms with van der Waals surface area (Å²) in [5.41, 5.74) is 0. The molecule has 0 aliphatic carbocycles. The molecule has 0 bridgehead atoms. The van der Waals surface area contributed by atoms with Crippen molar-refractivity contribution in [2.45, 2.75) is 96.8 Å². The van der Waals surface area contributed by atoms with Crippen LogP contribution in [-0.2, 0) is 4.79 Å². The van der Waals surface area contributed by atoms with Crippen molar-refractivity contribution in [2.24, 2.45) is 0 Å². The Morgan fingerprint density at radius 2 is 1.19 bits per heavy atom. The minimum atomic E-state index is -0.914. The average molecular weight is 322 g/mol. The normalized spacial score (nSPS) is 10.7. The number of rotatable bonds is 15. The van der Waals surface area contributed by atoms with Crippen molar-refractivity contribution in [1.82, 2.24) is 0 Å². The Labute approximate surface area is 161 Å². The van der Waals surface area contributed by atoms with E-state index < -0.39 is 5.97 Å². The standard InChI is InChI=1S/C18H34O2.Ca/c1-2-3-4-5-6-7-8-9-10-11-12-13-14-15-16-17-18(19)20;/h9-10H,2-8,11-17H2,1H3,(H,19,20);/q;+2/p-1/b10-9+;. The zero-order valence-corrected chi connectivity index (χ0v) is 16.3. The van der Waals surface area contributed by atoms with Crippen LogP contribution >= 0.6 is 0 Å². The Morgan fingerprint density at radius 3 is 1.67 bits per heavy atom. The predicted octanol–water partition coefficient (Wildman–Crippen LogP) is 4.39.